The van der Waals surface area contributed by atoms with Crippen LogP contribution < -0.4 is 5.32 Å². The molecule has 8 heteroatoms. The summed E-state index contributed by atoms with van der Waals surface area (Å²) < 4.78 is 1.73. The molecule has 0 aliphatic rings. The van der Waals surface area contributed by atoms with E-state index in [2.05, 4.69) is 20.4 Å². The zero-order chi connectivity index (χ0) is 22.5. The lowest BCUT2D eigenvalue weighted by Crippen LogP contribution is -2.41. The van der Waals surface area contributed by atoms with Gasteiger partial charge in [0.05, 0.1) is 11.1 Å². The molecular weight excluding hydrogens is 424 g/mol. The molecule has 7 nitrogen and oxygen atoms in total. The molecule has 0 bridgehead atoms. The second-order valence-corrected chi connectivity index (χ2v) is 8.65. The Morgan fingerprint density at radius 1 is 1.06 bits per heavy atom. The highest BCUT2D eigenvalue weighted by Crippen LogP contribution is 2.31. The van der Waals surface area contributed by atoms with Crippen molar-refractivity contribution in [3.8, 4) is 11.4 Å². The van der Waals surface area contributed by atoms with Gasteiger partial charge in [-0.1, -0.05) is 41.9 Å². The number of aryl methyl sites for hydroxylation is 1. The van der Waals surface area contributed by atoms with Gasteiger partial charge < -0.3 is 10.3 Å². The first-order chi connectivity index (χ1) is 15.3. The third-order valence-corrected chi connectivity index (χ3v) is 5.79. The van der Waals surface area contributed by atoms with Crippen LogP contribution in [0.3, 0.4) is 0 Å². The van der Waals surface area contributed by atoms with Crippen LogP contribution in [0.2, 0.25) is 5.02 Å². The SMILES string of the molecule is Cn1nc(-c2nc3cc[nH]c3nc2C(=O)NC(C)(C)c2ccccc2)c2ccc(Cl)cc21. The Balaban J connectivity index is 1.66. The average Bonchev–Trinajstić information content (AvgIpc) is 3.37. The van der Waals surface area contributed by atoms with E-state index in [1.807, 2.05) is 69.4 Å². The van der Waals surface area contributed by atoms with Crippen molar-refractivity contribution in [1.29, 1.82) is 0 Å². The van der Waals surface area contributed by atoms with Crippen LogP contribution in [0.4, 0.5) is 0 Å². The number of fused-ring (bicyclic) bond motifs is 2. The Kier molecular flexibility index (Phi) is 4.71. The summed E-state index contributed by atoms with van der Waals surface area (Å²) >= 11 is 6.18. The van der Waals surface area contributed by atoms with Crippen LogP contribution in [0.15, 0.2) is 60.8 Å². The van der Waals surface area contributed by atoms with Crippen LogP contribution in [0.25, 0.3) is 33.5 Å². The van der Waals surface area contributed by atoms with Crippen molar-refractivity contribution in [3.05, 3.63) is 77.1 Å². The summed E-state index contributed by atoms with van der Waals surface area (Å²) in [6, 6.07) is 17.2. The summed E-state index contributed by atoms with van der Waals surface area (Å²) in [4.78, 5) is 25.9. The fourth-order valence-corrected chi connectivity index (χ4v) is 4.04. The molecule has 3 heterocycles. The molecule has 0 saturated carbocycles. The lowest BCUT2D eigenvalue weighted by Gasteiger charge is -2.27. The highest BCUT2D eigenvalue weighted by molar-refractivity contribution is 6.31. The summed E-state index contributed by atoms with van der Waals surface area (Å²) in [5.74, 6) is -0.328. The summed E-state index contributed by atoms with van der Waals surface area (Å²) in [5.41, 5.74) is 3.64. The number of nitrogens with zero attached hydrogens (tertiary/aromatic N) is 4. The molecule has 160 valence electrons. The lowest BCUT2D eigenvalue weighted by molar-refractivity contribution is 0.0907. The van der Waals surface area contributed by atoms with Gasteiger partial charge in [-0.3, -0.25) is 9.48 Å². The first-order valence-electron chi connectivity index (χ1n) is 10.2. The van der Waals surface area contributed by atoms with E-state index >= 15 is 0 Å². The van der Waals surface area contributed by atoms with E-state index in [-0.39, 0.29) is 11.6 Å². The van der Waals surface area contributed by atoms with Crippen LogP contribution in [0.5, 0.6) is 0 Å². The Hall–Kier alpha value is -3.71. The molecule has 0 atom stereocenters. The third kappa shape index (κ3) is 3.40. The number of hydrogen-bond donors (Lipinski definition) is 2. The van der Waals surface area contributed by atoms with E-state index in [9.17, 15) is 4.79 Å². The summed E-state index contributed by atoms with van der Waals surface area (Å²) in [6.45, 7) is 3.91. The fourth-order valence-electron chi connectivity index (χ4n) is 3.87. The minimum absolute atomic E-state index is 0.207. The highest BCUT2D eigenvalue weighted by atomic mass is 35.5. The molecule has 0 aliphatic heterocycles. The molecular formula is C24H21ClN6O. The normalized spacial score (nSPS) is 11.9. The van der Waals surface area contributed by atoms with Gasteiger partial charge in [0.1, 0.15) is 16.9 Å². The second-order valence-electron chi connectivity index (χ2n) is 8.21. The number of carbonyl (C=O) groups is 1. The van der Waals surface area contributed by atoms with E-state index in [0.717, 1.165) is 16.5 Å². The molecule has 0 fully saturated rings. The van der Waals surface area contributed by atoms with Gasteiger partial charge in [-0.15, -0.1) is 0 Å². The summed E-state index contributed by atoms with van der Waals surface area (Å²) in [7, 11) is 1.84. The lowest BCUT2D eigenvalue weighted by atomic mass is 9.94. The van der Waals surface area contributed by atoms with Crippen molar-refractivity contribution in [2.24, 2.45) is 7.05 Å². The van der Waals surface area contributed by atoms with Crippen LogP contribution in [0.1, 0.15) is 29.9 Å². The van der Waals surface area contributed by atoms with Crippen molar-refractivity contribution in [2.75, 3.05) is 0 Å². The number of hydrogen-bond acceptors (Lipinski definition) is 4. The van der Waals surface area contributed by atoms with Crippen molar-refractivity contribution in [2.45, 2.75) is 19.4 Å². The number of aromatic nitrogens is 5. The molecule has 0 aliphatic carbocycles. The van der Waals surface area contributed by atoms with Crippen molar-refractivity contribution in [3.63, 3.8) is 0 Å². The molecule has 0 saturated heterocycles. The van der Waals surface area contributed by atoms with Gasteiger partial charge in [0.2, 0.25) is 0 Å². The molecule has 2 N–H and O–H groups in total. The van der Waals surface area contributed by atoms with Crippen LogP contribution in [0, 0.1) is 0 Å². The van der Waals surface area contributed by atoms with Crippen LogP contribution in [-0.4, -0.2) is 30.6 Å². The Labute approximate surface area is 189 Å². The van der Waals surface area contributed by atoms with Crippen LogP contribution >= 0.6 is 11.6 Å². The van der Waals surface area contributed by atoms with Gasteiger partial charge >= 0.3 is 0 Å². The zero-order valence-corrected chi connectivity index (χ0v) is 18.6. The molecule has 2 aromatic carbocycles. The van der Waals surface area contributed by atoms with Gasteiger partial charge in [-0.05, 0) is 43.7 Å². The van der Waals surface area contributed by atoms with Gasteiger partial charge in [0, 0.05) is 23.7 Å². The van der Waals surface area contributed by atoms with E-state index in [0.29, 0.717) is 27.6 Å². The number of rotatable bonds is 4. The number of amides is 1. The first kappa shape index (κ1) is 20.2. The van der Waals surface area contributed by atoms with E-state index in [4.69, 9.17) is 16.6 Å². The van der Waals surface area contributed by atoms with Crippen molar-refractivity contribution < 1.29 is 4.79 Å². The number of aromatic amines is 1. The monoisotopic (exact) mass is 444 g/mol. The van der Waals surface area contributed by atoms with Gasteiger partial charge in [0.25, 0.3) is 5.91 Å². The maximum Gasteiger partial charge on any atom is 0.272 e. The first-order valence-corrected chi connectivity index (χ1v) is 10.6. The molecule has 3 aromatic heterocycles. The van der Waals surface area contributed by atoms with Gasteiger partial charge in [-0.2, -0.15) is 5.10 Å². The topological polar surface area (TPSA) is 88.5 Å². The van der Waals surface area contributed by atoms with E-state index < -0.39 is 5.54 Å². The molecule has 5 rings (SSSR count). The predicted octanol–water partition coefficient (Wildman–Crippen LogP) is 4.83. The third-order valence-electron chi connectivity index (χ3n) is 5.56. The second kappa shape index (κ2) is 7.46. The minimum atomic E-state index is -0.609. The summed E-state index contributed by atoms with van der Waals surface area (Å²) in [5, 5.41) is 9.22. The number of benzene rings is 2. The molecule has 32 heavy (non-hydrogen) atoms. The van der Waals surface area contributed by atoms with Crippen LogP contribution in [-0.2, 0) is 12.6 Å². The fraction of sp³-hybridized carbons (Fsp3) is 0.167. The maximum atomic E-state index is 13.5. The van der Waals surface area contributed by atoms with E-state index in [1.165, 1.54) is 0 Å². The Bertz CT molecular complexity index is 1470. The largest absolute Gasteiger partial charge is 0.345 e. The van der Waals surface area contributed by atoms with Gasteiger partial charge in [0.15, 0.2) is 11.3 Å². The van der Waals surface area contributed by atoms with Crippen molar-refractivity contribution in [1.82, 2.24) is 30.0 Å². The number of nitrogens with one attached hydrogen (secondary N) is 2. The highest BCUT2D eigenvalue weighted by Gasteiger charge is 2.28. The quantitative estimate of drug-likeness (QED) is 0.415. The maximum absolute atomic E-state index is 13.5. The molecule has 0 radical (unpaired) electrons. The smallest absolute Gasteiger partial charge is 0.272 e. The number of H-pyrrole nitrogens is 1. The molecule has 0 unspecified atom stereocenters. The number of carbonyl (C=O) groups excluding carboxylic acids is 1. The van der Waals surface area contributed by atoms with Gasteiger partial charge in [-0.25, -0.2) is 9.97 Å². The summed E-state index contributed by atoms with van der Waals surface area (Å²) in [6.07, 6.45) is 1.75. The van der Waals surface area contributed by atoms with Crippen molar-refractivity contribution >= 4 is 39.6 Å². The Morgan fingerprint density at radius 3 is 2.62 bits per heavy atom. The molecule has 5 aromatic rings. The molecule has 0 spiro atoms. The number of halogens is 1. The molecule has 1 amide bonds. The Morgan fingerprint density at radius 2 is 1.84 bits per heavy atom. The minimum Gasteiger partial charge on any atom is -0.345 e. The standard InChI is InChI=1S/C24H21ClN6O/c1-24(2,14-7-5-4-6-8-14)29-23(32)21-20(27-17-11-12-26-22(17)28-21)19-16-10-9-15(25)13-18(16)31(3)30-19/h4-13H,1-3H3,(H,26,28)(H,29,32). The average molecular weight is 445 g/mol. The predicted molar refractivity (Wildman–Crippen MR) is 126 cm³/mol. The van der Waals surface area contributed by atoms with E-state index in [1.54, 1.807) is 16.9 Å². The zero-order valence-electron chi connectivity index (χ0n) is 17.8.